The minimum absolute atomic E-state index is 0. The highest BCUT2D eigenvalue weighted by atomic mass is 35.5. The van der Waals surface area contributed by atoms with Gasteiger partial charge in [0.25, 0.3) is 0 Å². The molecule has 2 rings (SSSR count). The molecule has 1 aromatic carbocycles. The molecule has 1 fully saturated rings. The Morgan fingerprint density at radius 2 is 2.26 bits per heavy atom. The Balaban J connectivity index is 0.00000180. The summed E-state index contributed by atoms with van der Waals surface area (Å²) in [5, 5.41) is 5.77. The van der Waals surface area contributed by atoms with Crippen molar-refractivity contribution in [1.82, 2.24) is 10.2 Å². The molecule has 6 heteroatoms. The first kappa shape index (κ1) is 15.5. The third kappa shape index (κ3) is 4.54. The summed E-state index contributed by atoms with van der Waals surface area (Å²) >= 11 is 0. The lowest BCUT2D eigenvalue weighted by molar-refractivity contribution is -0.135. The van der Waals surface area contributed by atoms with Crippen molar-refractivity contribution in [3.63, 3.8) is 0 Å². The molecular formula is C13H18ClN3O2. The third-order valence-electron chi connectivity index (χ3n) is 2.82. The number of hydrogen-bond acceptors (Lipinski definition) is 3. The molecule has 5 nitrogen and oxygen atoms in total. The van der Waals surface area contributed by atoms with E-state index in [0.29, 0.717) is 13.1 Å². The van der Waals surface area contributed by atoms with Crippen LogP contribution in [0.2, 0.25) is 0 Å². The van der Waals surface area contributed by atoms with Crippen molar-refractivity contribution in [1.29, 1.82) is 0 Å². The van der Waals surface area contributed by atoms with Crippen molar-refractivity contribution < 1.29 is 9.59 Å². The standard InChI is InChI=1S/C13H17N3O2.ClH/c1-10-3-2-4-11(7-10)15-12(17)9-16-6-5-14-8-13(16)18;/h2-4,7,14H,5-6,8-9H2,1H3,(H,15,17);1H. The molecule has 2 N–H and O–H groups in total. The summed E-state index contributed by atoms with van der Waals surface area (Å²) in [5.41, 5.74) is 1.86. The lowest BCUT2D eigenvalue weighted by atomic mass is 10.2. The molecular weight excluding hydrogens is 266 g/mol. The van der Waals surface area contributed by atoms with Crippen molar-refractivity contribution in [3.8, 4) is 0 Å². The van der Waals surface area contributed by atoms with Gasteiger partial charge in [-0.3, -0.25) is 9.59 Å². The summed E-state index contributed by atoms with van der Waals surface area (Å²) in [7, 11) is 0. The Bertz CT molecular complexity index is 465. The number of nitrogens with zero attached hydrogens (tertiary/aromatic N) is 1. The highest BCUT2D eigenvalue weighted by Crippen LogP contribution is 2.09. The van der Waals surface area contributed by atoms with Crippen LogP contribution in [0, 0.1) is 6.92 Å². The summed E-state index contributed by atoms with van der Waals surface area (Å²) in [6.07, 6.45) is 0. The molecule has 0 bridgehead atoms. The van der Waals surface area contributed by atoms with Gasteiger partial charge in [0.05, 0.1) is 13.1 Å². The fourth-order valence-electron chi connectivity index (χ4n) is 1.91. The van der Waals surface area contributed by atoms with E-state index in [1.54, 1.807) is 4.90 Å². The summed E-state index contributed by atoms with van der Waals surface area (Å²) < 4.78 is 0. The van der Waals surface area contributed by atoms with E-state index in [2.05, 4.69) is 10.6 Å². The number of nitrogens with one attached hydrogen (secondary N) is 2. The quantitative estimate of drug-likeness (QED) is 0.862. The molecule has 19 heavy (non-hydrogen) atoms. The first-order chi connectivity index (χ1) is 8.65. The van der Waals surface area contributed by atoms with Gasteiger partial charge >= 0.3 is 0 Å². The second kappa shape index (κ2) is 7.11. The Labute approximate surface area is 118 Å². The van der Waals surface area contributed by atoms with Gasteiger partial charge in [-0.15, -0.1) is 12.4 Å². The van der Waals surface area contributed by atoms with Gasteiger partial charge in [0.15, 0.2) is 0 Å². The number of hydrogen-bond donors (Lipinski definition) is 2. The molecule has 0 atom stereocenters. The number of rotatable bonds is 3. The predicted molar refractivity (Wildman–Crippen MR) is 76.5 cm³/mol. The van der Waals surface area contributed by atoms with E-state index in [-0.39, 0.29) is 30.8 Å². The number of anilines is 1. The molecule has 1 heterocycles. The lowest BCUT2D eigenvalue weighted by Gasteiger charge is -2.26. The van der Waals surface area contributed by atoms with Gasteiger partial charge in [0.1, 0.15) is 0 Å². The molecule has 0 aliphatic carbocycles. The summed E-state index contributed by atoms with van der Waals surface area (Å²) in [5.74, 6) is -0.184. The first-order valence-corrected chi connectivity index (χ1v) is 6.00. The topological polar surface area (TPSA) is 61.4 Å². The highest BCUT2D eigenvalue weighted by molar-refractivity contribution is 5.94. The predicted octanol–water partition coefficient (Wildman–Crippen LogP) is 0.787. The third-order valence-corrected chi connectivity index (χ3v) is 2.82. The summed E-state index contributed by atoms with van der Waals surface area (Å²) in [6, 6.07) is 7.60. The summed E-state index contributed by atoms with van der Waals surface area (Å²) in [6.45, 7) is 3.73. The van der Waals surface area contributed by atoms with Crippen molar-refractivity contribution >= 4 is 29.9 Å². The van der Waals surface area contributed by atoms with Gasteiger partial charge < -0.3 is 15.5 Å². The second-order valence-electron chi connectivity index (χ2n) is 4.41. The van der Waals surface area contributed by atoms with Crippen LogP contribution in [-0.4, -0.2) is 42.9 Å². The van der Waals surface area contributed by atoms with E-state index < -0.39 is 0 Å². The zero-order valence-corrected chi connectivity index (χ0v) is 11.6. The van der Waals surface area contributed by atoms with E-state index in [9.17, 15) is 9.59 Å². The maximum absolute atomic E-state index is 11.8. The molecule has 104 valence electrons. The Morgan fingerprint density at radius 3 is 2.95 bits per heavy atom. The SMILES string of the molecule is Cc1cccc(NC(=O)CN2CCNCC2=O)c1.Cl. The Morgan fingerprint density at radius 1 is 1.47 bits per heavy atom. The molecule has 0 saturated carbocycles. The van der Waals surface area contributed by atoms with Crippen molar-refractivity contribution in [2.75, 3.05) is 31.5 Å². The van der Waals surface area contributed by atoms with E-state index in [1.807, 2.05) is 31.2 Å². The van der Waals surface area contributed by atoms with Gasteiger partial charge in [-0.2, -0.15) is 0 Å². The fourth-order valence-corrected chi connectivity index (χ4v) is 1.91. The van der Waals surface area contributed by atoms with E-state index in [1.165, 1.54) is 0 Å². The second-order valence-corrected chi connectivity index (χ2v) is 4.41. The van der Waals surface area contributed by atoms with Crippen LogP contribution in [0.25, 0.3) is 0 Å². The minimum atomic E-state index is -0.157. The molecule has 1 aromatic rings. The minimum Gasteiger partial charge on any atom is -0.331 e. The van der Waals surface area contributed by atoms with Crippen LogP contribution in [0.4, 0.5) is 5.69 Å². The number of carbonyl (C=O) groups is 2. The van der Waals surface area contributed by atoms with Crippen LogP contribution >= 0.6 is 12.4 Å². The van der Waals surface area contributed by atoms with E-state index in [0.717, 1.165) is 17.8 Å². The van der Waals surface area contributed by atoms with Gasteiger partial charge in [0.2, 0.25) is 11.8 Å². The molecule has 0 aromatic heterocycles. The van der Waals surface area contributed by atoms with Crippen molar-refractivity contribution in [2.45, 2.75) is 6.92 Å². The van der Waals surface area contributed by atoms with Crippen LogP contribution < -0.4 is 10.6 Å². The largest absolute Gasteiger partial charge is 0.331 e. The number of carbonyl (C=O) groups excluding carboxylic acids is 2. The lowest BCUT2D eigenvalue weighted by Crippen LogP contribution is -2.50. The fraction of sp³-hybridized carbons (Fsp3) is 0.385. The van der Waals surface area contributed by atoms with Crippen molar-refractivity contribution in [2.24, 2.45) is 0 Å². The maximum atomic E-state index is 11.8. The normalized spacial score (nSPS) is 14.8. The van der Waals surface area contributed by atoms with Crippen LogP contribution in [0.1, 0.15) is 5.56 Å². The van der Waals surface area contributed by atoms with Gasteiger partial charge in [-0.1, -0.05) is 12.1 Å². The van der Waals surface area contributed by atoms with Crippen LogP contribution in [0.3, 0.4) is 0 Å². The molecule has 1 aliphatic rings. The first-order valence-electron chi connectivity index (χ1n) is 6.00. The number of amides is 2. The number of benzene rings is 1. The van der Waals surface area contributed by atoms with Gasteiger partial charge in [-0.25, -0.2) is 0 Å². The highest BCUT2D eigenvalue weighted by Gasteiger charge is 2.19. The Kier molecular flexibility index (Phi) is 5.79. The van der Waals surface area contributed by atoms with Crippen LogP contribution in [-0.2, 0) is 9.59 Å². The number of halogens is 1. The van der Waals surface area contributed by atoms with Crippen molar-refractivity contribution in [3.05, 3.63) is 29.8 Å². The van der Waals surface area contributed by atoms with Gasteiger partial charge in [-0.05, 0) is 24.6 Å². The number of aryl methyl sites for hydroxylation is 1. The molecule has 0 spiro atoms. The Hall–Kier alpha value is -1.59. The van der Waals surface area contributed by atoms with Crippen LogP contribution in [0.5, 0.6) is 0 Å². The smallest absolute Gasteiger partial charge is 0.243 e. The average molecular weight is 284 g/mol. The summed E-state index contributed by atoms with van der Waals surface area (Å²) in [4.78, 5) is 24.9. The molecule has 1 aliphatic heterocycles. The van der Waals surface area contributed by atoms with E-state index >= 15 is 0 Å². The zero-order chi connectivity index (χ0) is 13.0. The zero-order valence-electron chi connectivity index (χ0n) is 10.8. The van der Waals surface area contributed by atoms with Gasteiger partial charge in [0, 0.05) is 18.8 Å². The molecule has 0 radical (unpaired) electrons. The maximum Gasteiger partial charge on any atom is 0.243 e. The monoisotopic (exact) mass is 283 g/mol. The molecule has 1 saturated heterocycles. The average Bonchev–Trinajstić information content (AvgIpc) is 2.32. The number of piperazine rings is 1. The molecule has 0 unspecified atom stereocenters. The van der Waals surface area contributed by atoms with E-state index in [4.69, 9.17) is 0 Å². The van der Waals surface area contributed by atoms with Crippen LogP contribution in [0.15, 0.2) is 24.3 Å². The molecule has 2 amide bonds.